The topological polar surface area (TPSA) is 111 Å². The van der Waals surface area contributed by atoms with Crippen LogP contribution >= 0.6 is 0 Å². The maximum absolute atomic E-state index is 12.5. The molecule has 2 aliphatic rings. The van der Waals surface area contributed by atoms with Gasteiger partial charge in [0.25, 0.3) is 5.91 Å². The number of nitrogens with zero attached hydrogens (tertiary/aromatic N) is 3. The van der Waals surface area contributed by atoms with E-state index in [1.807, 2.05) is 11.0 Å². The van der Waals surface area contributed by atoms with E-state index < -0.39 is 11.9 Å². The zero-order valence-electron chi connectivity index (χ0n) is 15.0. The van der Waals surface area contributed by atoms with Crippen LogP contribution < -0.4 is 0 Å². The number of carbonyl (C=O) groups is 3. The molecular weight excluding hydrogens is 338 g/mol. The fraction of sp³-hybridized carbons (Fsp3) is 0.667. The van der Waals surface area contributed by atoms with E-state index in [1.54, 1.807) is 18.0 Å². The van der Waals surface area contributed by atoms with Gasteiger partial charge in [0.15, 0.2) is 0 Å². The fourth-order valence-corrected chi connectivity index (χ4v) is 3.34. The molecule has 2 rings (SSSR count). The highest BCUT2D eigenvalue weighted by atomic mass is 16.5. The Hall–Kier alpha value is -2.56. The summed E-state index contributed by atoms with van der Waals surface area (Å²) >= 11 is 0. The van der Waals surface area contributed by atoms with E-state index in [-0.39, 0.29) is 23.4 Å². The van der Waals surface area contributed by atoms with Gasteiger partial charge in [-0.05, 0) is 32.6 Å². The van der Waals surface area contributed by atoms with Gasteiger partial charge < -0.3 is 19.6 Å². The highest BCUT2D eigenvalue weighted by molar-refractivity contribution is 5.97. The number of carboxylic acids is 1. The molecular formula is C18H25N3O5. The number of hydrogen-bond acceptors (Lipinski definition) is 6. The van der Waals surface area contributed by atoms with Crippen molar-refractivity contribution in [2.24, 2.45) is 11.8 Å². The van der Waals surface area contributed by atoms with E-state index in [2.05, 4.69) is 0 Å². The van der Waals surface area contributed by atoms with Crippen molar-refractivity contribution < 1.29 is 24.2 Å². The Morgan fingerprint density at radius 2 is 1.69 bits per heavy atom. The molecule has 0 aromatic heterocycles. The van der Waals surface area contributed by atoms with Crippen LogP contribution in [0.4, 0.5) is 0 Å². The molecule has 0 aromatic carbocycles. The number of carbonyl (C=O) groups excluding carboxylic acids is 2. The second-order valence-corrected chi connectivity index (χ2v) is 6.62. The summed E-state index contributed by atoms with van der Waals surface area (Å²) < 4.78 is 5.03. The number of esters is 1. The second kappa shape index (κ2) is 9.22. The van der Waals surface area contributed by atoms with Crippen molar-refractivity contribution in [3.63, 3.8) is 0 Å². The molecule has 2 heterocycles. The molecule has 8 heteroatoms. The second-order valence-electron chi connectivity index (χ2n) is 6.62. The molecule has 0 saturated carbocycles. The maximum Gasteiger partial charge on any atom is 0.309 e. The largest absolute Gasteiger partial charge is 0.481 e. The minimum Gasteiger partial charge on any atom is -0.481 e. The summed E-state index contributed by atoms with van der Waals surface area (Å²) in [6.07, 6.45) is 3.64. The number of piperidine rings is 2. The van der Waals surface area contributed by atoms with Crippen LogP contribution in [0.15, 0.2) is 11.8 Å². The molecule has 1 N–H and O–H groups in total. The molecule has 0 aliphatic carbocycles. The number of hydrogen-bond donors (Lipinski definition) is 1. The smallest absolute Gasteiger partial charge is 0.309 e. The van der Waals surface area contributed by atoms with Crippen LogP contribution in [0.2, 0.25) is 0 Å². The fourth-order valence-electron chi connectivity index (χ4n) is 3.34. The molecule has 142 valence electrons. The maximum atomic E-state index is 12.5. The van der Waals surface area contributed by atoms with E-state index in [0.29, 0.717) is 58.5 Å². The van der Waals surface area contributed by atoms with Gasteiger partial charge >= 0.3 is 11.9 Å². The van der Waals surface area contributed by atoms with E-state index >= 15 is 0 Å². The predicted molar refractivity (Wildman–Crippen MR) is 91.6 cm³/mol. The van der Waals surface area contributed by atoms with E-state index in [4.69, 9.17) is 9.84 Å². The van der Waals surface area contributed by atoms with E-state index in [9.17, 15) is 19.6 Å². The predicted octanol–water partition coefficient (Wildman–Crippen LogP) is 0.992. The summed E-state index contributed by atoms with van der Waals surface area (Å²) in [4.78, 5) is 38.7. The normalized spacial score (nSPS) is 19.8. The number of nitriles is 1. The van der Waals surface area contributed by atoms with Gasteiger partial charge in [0, 0.05) is 32.4 Å². The Morgan fingerprint density at radius 1 is 1.12 bits per heavy atom. The van der Waals surface area contributed by atoms with Crippen molar-refractivity contribution in [2.75, 3.05) is 32.8 Å². The Balaban J connectivity index is 1.90. The van der Waals surface area contributed by atoms with Gasteiger partial charge in [-0.1, -0.05) is 0 Å². The van der Waals surface area contributed by atoms with Crippen molar-refractivity contribution >= 4 is 17.8 Å². The molecule has 0 aromatic rings. The zero-order chi connectivity index (χ0) is 19.1. The molecule has 2 fully saturated rings. The lowest BCUT2D eigenvalue weighted by Gasteiger charge is -2.32. The molecule has 0 atom stereocenters. The number of ether oxygens (including phenoxy) is 1. The highest BCUT2D eigenvalue weighted by Gasteiger charge is 2.29. The minimum absolute atomic E-state index is 0.0494. The van der Waals surface area contributed by atoms with Crippen molar-refractivity contribution in [3.8, 4) is 6.07 Å². The third-order valence-electron chi connectivity index (χ3n) is 4.94. The first-order valence-corrected chi connectivity index (χ1v) is 9.01. The SMILES string of the molecule is CCOC(=O)C1CCN(/C=C(/C#N)C(=O)N2CCC(C(=O)O)CC2)CC1. The van der Waals surface area contributed by atoms with E-state index in [1.165, 1.54) is 0 Å². The van der Waals surface area contributed by atoms with Crippen LogP contribution in [0.5, 0.6) is 0 Å². The molecule has 2 saturated heterocycles. The van der Waals surface area contributed by atoms with Crippen molar-refractivity contribution in [1.82, 2.24) is 9.80 Å². The standard InChI is InChI=1S/C18H25N3O5/c1-2-26-18(25)14-3-7-20(8-4-14)12-15(11-19)16(22)21-9-5-13(6-10-21)17(23)24/h12-14H,2-10H2,1H3,(H,23,24)/b15-12-. The van der Waals surface area contributed by atoms with Crippen LogP contribution in [-0.4, -0.2) is 65.5 Å². The Bertz CT molecular complexity index is 609. The summed E-state index contributed by atoms with van der Waals surface area (Å²) in [6, 6.07) is 1.95. The first-order chi connectivity index (χ1) is 12.5. The first-order valence-electron chi connectivity index (χ1n) is 9.01. The molecule has 0 radical (unpaired) electrons. The van der Waals surface area contributed by atoms with Gasteiger partial charge in [-0.25, -0.2) is 0 Å². The van der Waals surface area contributed by atoms with Crippen molar-refractivity contribution in [1.29, 1.82) is 5.26 Å². The Kier molecular flexibility index (Phi) is 7.01. The molecule has 0 unspecified atom stereocenters. The first kappa shape index (κ1) is 19.8. The quantitative estimate of drug-likeness (QED) is 0.440. The number of aliphatic carboxylic acids is 1. The lowest BCUT2D eigenvalue weighted by Crippen LogP contribution is -2.41. The lowest BCUT2D eigenvalue weighted by molar-refractivity contribution is -0.149. The van der Waals surface area contributed by atoms with Gasteiger partial charge in [0.2, 0.25) is 0 Å². The lowest BCUT2D eigenvalue weighted by atomic mass is 9.96. The number of carboxylic acid groups (broad SMARTS) is 1. The summed E-state index contributed by atoms with van der Waals surface area (Å²) in [5.41, 5.74) is 0.0494. The average Bonchev–Trinajstić information content (AvgIpc) is 2.66. The van der Waals surface area contributed by atoms with Crippen LogP contribution in [0, 0.1) is 23.2 Å². The van der Waals surface area contributed by atoms with Gasteiger partial charge in [-0.15, -0.1) is 0 Å². The molecule has 8 nitrogen and oxygen atoms in total. The van der Waals surface area contributed by atoms with Gasteiger partial charge in [0.1, 0.15) is 11.6 Å². The van der Waals surface area contributed by atoms with Crippen LogP contribution in [0.1, 0.15) is 32.6 Å². The third-order valence-corrected chi connectivity index (χ3v) is 4.94. The summed E-state index contributed by atoms with van der Waals surface area (Å²) in [5.74, 6) is -1.93. The van der Waals surface area contributed by atoms with Crippen LogP contribution in [0.25, 0.3) is 0 Å². The summed E-state index contributed by atoms with van der Waals surface area (Å²) in [6.45, 7) is 4.01. The van der Waals surface area contributed by atoms with Crippen LogP contribution in [0.3, 0.4) is 0 Å². The monoisotopic (exact) mass is 363 g/mol. The Labute approximate surface area is 153 Å². The molecule has 0 spiro atoms. The minimum atomic E-state index is -0.836. The highest BCUT2D eigenvalue weighted by Crippen LogP contribution is 2.21. The third kappa shape index (κ3) is 4.97. The van der Waals surface area contributed by atoms with E-state index in [0.717, 1.165) is 0 Å². The van der Waals surface area contributed by atoms with Crippen molar-refractivity contribution in [3.05, 3.63) is 11.8 Å². The number of likely N-dealkylation sites (tertiary alicyclic amines) is 2. The molecule has 0 bridgehead atoms. The van der Waals surface area contributed by atoms with Gasteiger partial charge in [-0.3, -0.25) is 14.4 Å². The zero-order valence-corrected chi connectivity index (χ0v) is 15.0. The summed E-state index contributed by atoms with van der Waals surface area (Å²) in [7, 11) is 0. The average molecular weight is 363 g/mol. The molecule has 26 heavy (non-hydrogen) atoms. The number of amides is 1. The van der Waals surface area contributed by atoms with Crippen LogP contribution in [-0.2, 0) is 19.1 Å². The Morgan fingerprint density at radius 3 is 2.19 bits per heavy atom. The molecule has 2 aliphatic heterocycles. The summed E-state index contributed by atoms with van der Waals surface area (Å²) in [5, 5.41) is 18.4. The number of rotatable bonds is 5. The van der Waals surface area contributed by atoms with Gasteiger partial charge in [0.05, 0.1) is 18.4 Å². The van der Waals surface area contributed by atoms with Gasteiger partial charge in [-0.2, -0.15) is 5.26 Å². The van der Waals surface area contributed by atoms with Crippen molar-refractivity contribution in [2.45, 2.75) is 32.6 Å². The molecule has 1 amide bonds.